The van der Waals surface area contributed by atoms with Gasteiger partial charge in [-0.3, -0.25) is 14.9 Å². The number of anilines is 2. The number of carbonyl (C=O) groups excluding carboxylic acids is 1. The number of nitrogens with zero attached hydrogens (tertiary/aromatic N) is 3. The van der Waals surface area contributed by atoms with Gasteiger partial charge in [0, 0.05) is 20.1 Å². The van der Waals surface area contributed by atoms with Crippen molar-refractivity contribution >= 4 is 23.2 Å². The van der Waals surface area contributed by atoms with Gasteiger partial charge in [-0.2, -0.15) is 0 Å². The lowest BCUT2D eigenvalue weighted by atomic mass is 10.3. The zero-order valence-electron chi connectivity index (χ0n) is 12.0. The highest BCUT2D eigenvalue weighted by Crippen LogP contribution is 2.22. The summed E-state index contributed by atoms with van der Waals surface area (Å²) in [5, 5.41) is 16.4. The first kappa shape index (κ1) is 15.7. The molecule has 0 unspecified atom stereocenters. The fourth-order valence-corrected chi connectivity index (χ4v) is 1.60. The highest BCUT2D eigenvalue weighted by molar-refractivity contribution is 5.81. The van der Waals surface area contributed by atoms with Crippen LogP contribution in [0.1, 0.15) is 13.8 Å². The lowest BCUT2D eigenvalue weighted by Gasteiger charge is -2.19. The Kier molecular flexibility index (Phi) is 5.24. The Bertz CT molecular complexity index is 504. The number of amides is 1. The van der Waals surface area contributed by atoms with Crippen molar-refractivity contribution in [2.24, 2.45) is 0 Å². The van der Waals surface area contributed by atoms with Gasteiger partial charge in [0.15, 0.2) is 0 Å². The van der Waals surface area contributed by atoms with Gasteiger partial charge in [-0.05, 0) is 13.8 Å². The van der Waals surface area contributed by atoms with E-state index in [1.165, 1.54) is 12.1 Å². The normalized spacial score (nSPS) is 10.2. The van der Waals surface area contributed by atoms with E-state index in [4.69, 9.17) is 0 Å². The molecule has 0 fully saturated rings. The highest BCUT2D eigenvalue weighted by atomic mass is 16.6. The summed E-state index contributed by atoms with van der Waals surface area (Å²) in [6.07, 6.45) is 0. The summed E-state index contributed by atoms with van der Waals surface area (Å²) in [6, 6.07) is 2.72. The molecule has 1 aromatic rings. The van der Waals surface area contributed by atoms with Crippen molar-refractivity contribution in [3.05, 3.63) is 22.2 Å². The molecule has 0 atom stereocenters. The van der Waals surface area contributed by atoms with E-state index in [1.807, 2.05) is 13.8 Å². The molecule has 0 saturated carbocycles. The summed E-state index contributed by atoms with van der Waals surface area (Å²) in [5.74, 6) is 0.578. The van der Waals surface area contributed by atoms with Gasteiger partial charge in [-0.15, -0.1) is 0 Å². The minimum absolute atomic E-state index is 0.0434. The van der Waals surface area contributed by atoms with Crippen LogP contribution in [0.15, 0.2) is 12.1 Å². The molecule has 0 aliphatic heterocycles. The van der Waals surface area contributed by atoms with Crippen LogP contribution in [0.4, 0.5) is 17.3 Å². The highest BCUT2D eigenvalue weighted by Gasteiger charge is 2.15. The number of nitro groups is 1. The molecule has 8 heteroatoms. The molecule has 1 rings (SSSR count). The maximum absolute atomic E-state index is 11.7. The average molecular weight is 281 g/mol. The van der Waals surface area contributed by atoms with Crippen molar-refractivity contribution in [2.45, 2.75) is 19.9 Å². The number of likely N-dealkylation sites (N-methyl/N-ethyl adjacent to an activating group) is 1. The molecule has 1 heterocycles. The average Bonchev–Trinajstić information content (AvgIpc) is 2.36. The van der Waals surface area contributed by atoms with Crippen LogP contribution in [0.2, 0.25) is 0 Å². The zero-order valence-corrected chi connectivity index (χ0v) is 12.0. The lowest BCUT2D eigenvalue weighted by molar-refractivity contribution is -0.384. The van der Waals surface area contributed by atoms with Gasteiger partial charge < -0.3 is 15.5 Å². The van der Waals surface area contributed by atoms with E-state index in [-0.39, 0.29) is 24.2 Å². The quantitative estimate of drug-likeness (QED) is 0.596. The van der Waals surface area contributed by atoms with Gasteiger partial charge in [0.05, 0.1) is 23.6 Å². The molecule has 20 heavy (non-hydrogen) atoms. The Morgan fingerprint density at radius 3 is 2.65 bits per heavy atom. The third-order valence-electron chi connectivity index (χ3n) is 2.49. The largest absolute Gasteiger partial charge is 0.373 e. The van der Waals surface area contributed by atoms with E-state index in [2.05, 4.69) is 15.6 Å². The molecule has 0 radical (unpaired) electrons. The minimum atomic E-state index is -0.492. The van der Waals surface area contributed by atoms with Crippen LogP contribution < -0.4 is 15.5 Å². The molecule has 0 aliphatic rings. The van der Waals surface area contributed by atoms with E-state index < -0.39 is 4.92 Å². The predicted molar refractivity (Wildman–Crippen MR) is 77.0 cm³/mol. The standard InChI is InChI=1S/C12H19N5O3/c1-8(2)14-12(18)7-16(4)11-6-9(17(19)20)5-10(13-3)15-11/h5-6,8H,7H2,1-4H3,(H,13,15)(H,14,18). The number of hydrogen-bond acceptors (Lipinski definition) is 6. The maximum Gasteiger partial charge on any atom is 0.276 e. The second kappa shape index (κ2) is 6.69. The van der Waals surface area contributed by atoms with Crippen molar-refractivity contribution in [2.75, 3.05) is 30.9 Å². The van der Waals surface area contributed by atoms with Crippen molar-refractivity contribution in [3.63, 3.8) is 0 Å². The van der Waals surface area contributed by atoms with Crippen molar-refractivity contribution in [1.29, 1.82) is 0 Å². The van der Waals surface area contributed by atoms with Crippen LogP contribution in [0.5, 0.6) is 0 Å². The van der Waals surface area contributed by atoms with Crippen LogP contribution in [-0.4, -0.2) is 42.5 Å². The van der Waals surface area contributed by atoms with E-state index >= 15 is 0 Å². The summed E-state index contributed by atoms with van der Waals surface area (Å²) in [7, 11) is 3.28. The molecule has 0 aliphatic carbocycles. The van der Waals surface area contributed by atoms with Gasteiger partial charge >= 0.3 is 0 Å². The van der Waals surface area contributed by atoms with Crippen molar-refractivity contribution < 1.29 is 9.72 Å². The Balaban J connectivity index is 2.91. The molecule has 0 bridgehead atoms. The van der Waals surface area contributed by atoms with Crippen molar-refractivity contribution in [3.8, 4) is 0 Å². The summed E-state index contributed by atoms with van der Waals surface area (Å²) in [5.41, 5.74) is -0.0736. The van der Waals surface area contributed by atoms with Gasteiger partial charge in [0.1, 0.15) is 11.6 Å². The first-order valence-corrected chi connectivity index (χ1v) is 6.18. The van der Waals surface area contributed by atoms with Gasteiger partial charge in [0.25, 0.3) is 5.69 Å². The summed E-state index contributed by atoms with van der Waals surface area (Å²) in [6.45, 7) is 3.81. The molecule has 1 aromatic heterocycles. The monoisotopic (exact) mass is 281 g/mol. The van der Waals surface area contributed by atoms with Gasteiger partial charge in [0.2, 0.25) is 5.91 Å². The van der Waals surface area contributed by atoms with E-state index in [9.17, 15) is 14.9 Å². The van der Waals surface area contributed by atoms with Crippen LogP contribution in [0.3, 0.4) is 0 Å². The number of rotatable bonds is 6. The summed E-state index contributed by atoms with van der Waals surface area (Å²) >= 11 is 0. The Labute approximate surface area is 117 Å². The van der Waals surface area contributed by atoms with Gasteiger partial charge in [-0.1, -0.05) is 0 Å². The first-order valence-electron chi connectivity index (χ1n) is 6.18. The second-order valence-electron chi connectivity index (χ2n) is 4.65. The molecule has 110 valence electrons. The van der Waals surface area contributed by atoms with E-state index in [0.717, 1.165) is 0 Å². The maximum atomic E-state index is 11.7. The van der Waals surface area contributed by atoms with Crippen molar-refractivity contribution in [1.82, 2.24) is 10.3 Å². The Hall–Kier alpha value is -2.38. The molecular formula is C12H19N5O3. The van der Waals surface area contributed by atoms with E-state index in [0.29, 0.717) is 11.6 Å². The topological polar surface area (TPSA) is 100 Å². The second-order valence-corrected chi connectivity index (χ2v) is 4.65. The number of hydrogen-bond donors (Lipinski definition) is 2. The SMILES string of the molecule is CNc1cc([N+](=O)[O-])cc(N(C)CC(=O)NC(C)C)n1. The zero-order chi connectivity index (χ0) is 15.3. The van der Waals surface area contributed by atoms with Gasteiger partial charge in [-0.25, -0.2) is 4.98 Å². The molecule has 2 N–H and O–H groups in total. The molecule has 1 amide bonds. The lowest BCUT2D eigenvalue weighted by Crippen LogP contribution is -2.38. The third-order valence-corrected chi connectivity index (χ3v) is 2.49. The van der Waals surface area contributed by atoms with Crippen LogP contribution in [0.25, 0.3) is 0 Å². The fourth-order valence-electron chi connectivity index (χ4n) is 1.60. The van der Waals surface area contributed by atoms with E-state index in [1.54, 1.807) is 19.0 Å². The molecule has 0 spiro atoms. The summed E-state index contributed by atoms with van der Waals surface area (Å²) < 4.78 is 0. The third kappa shape index (κ3) is 4.38. The number of pyridine rings is 1. The minimum Gasteiger partial charge on any atom is -0.373 e. The molecule has 0 aromatic carbocycles. The Morgan fingerprint density at radius 1 is 1.50 bits per heavy atom. The fraction of sp³-hybridized carbons (Fsp3) is 0.500. The number of carbonyl (C=O) groups is 1. The number of nitrogens with one attached hydrogen (secondary N) is 2. The Morgan fingerprint density at radius 2 is 2.15 bits per heavy atom. The molecular weight excluding hydrogens is 262 g/mol. The van der Waals surface area contributed by atoms with Crippen LogP contribution in [0, 0.1) is 10.1 Å². The summed E-state index contributed by atoms with van der Waals surface area (Å²) in [4.78, 5) is 27.8. The molecule has 0 saturated heterocycles. The van der Waals surface area contributed by atoms with Crippen LogP contribution in [-0.2, 0) is 4.79 Å². The molecule has 8 nitrogen and oxygen atoms in total. The predicted octanol–water partition coefficient (Wildman–Crippen LogP) is 0.992. The first-order chi connectivity index (χ1) is 9.33. The van der Waals surface area contributed by atoms with Crippen LogP contribution >= 0.6 is 0 Å². The smallest absolute Gasteiger partial charge is 0.276 e. The number of aromatic nitrogens is 1.